The van der Waals surface area contributed by atoms with Crippen LogP contribution in [0.4, 0.5) is 0 Å². The minimum Gasteiger partial charge on any atom is -0.484 e. The molecule has 12 heteroatoms. The molecule has 0 fully saturated rings. The van der Waals surface area contributed by atoms with Crippen LogP contribution in [0.25, 0.3) is 10.6 Å². The van der Waals surface area contributed by atoms with E-state index in [0.29, 0.717) is 13.0 Å². The number of ether oxygens (including phenoxy) is 1. The minimum absolute atomic E-state index is 0.418. The largest absolute Gasteiger partial charge is 0.484 e. The van der Waals surface area contributed by atoms with Crippen LogP contribution in [0.1, 0.15) is 15.4 Å². The Labute approximate surface area is 236 Å². The lowest BCUT2D eigenvalue weighted by atomic mass is 10.2. The fraction of sp³-hybridized carbons (Fsp3) is 0.500. The lowest BCUT2D eigenvalue weighted by Gasteiger charge is -2.44. The van der Waals surface area contributed by atoms with Gasteiger partial charge in [-0.15, -0.1) is 22.7 Å². The number of hydrogen-bond acceptors (Lipinski definition) is 6. The van der Waals surface area contributed by atoms with Gasteiger partial charge in [-0.25, -0.2) is 23.7 Å². The fourth-order valence-electron chi connectivity index (χ4n) is 4.55. The number of thiophene rings is 1. The molecule has 0 amide bonds. The monoisotopic (exact) mass is 597 g/mol. The van der Waals surface area contributed by atoms with Gasteiger partial charge in [0.2, 0.25) is 14.9 Å². The Kier molecular flexibility index (Phi) is 10.6. The van der Waals surface area contributed by atoms with E-state index < -0.39 is 20.3 Å². The maximum Gasteiger partial charge on any atom is 0.228 e. The Bertz CT molecular complexity index is 1230. The molecule has 210 valence electrons. The molecular formula is C26H41N5O3P2S2. The summed E-state index contributed by atoms with van der Waals surface area (Å²) in [7, 11) is 8.07. The molecule has 0 N–H and O–H groups in total. The molecule has 2 aromatic heterocycles. The van der Waals surface area contributed by atoms with Gasteiger partial charge in [0.15, 0.2) is 5.06 Å². The molecule has 3 rings (SSSR count). The number of rotatable bonds is 13. The topological polar surface area (TPSA) is 69.2 Å². The molecule has 8 nitrogen and oxygen atoms in total. The van der Waals surface area contributed by atoms with Crippen molar-refractivity contribution >= 4 is 37.6 Å². The van der Waals surface area contributed by atoms with E-state index in [9.17, 15) is 9.13 Å². The fourth-order valence-corrected chi connectivity index (χ4v) is 15.2. The maximum atomic E-state index is 14.4. The van der Waals surface area contributed by atoms with E-state index in [1.54, 1.807) is 86.4 Å². The quantitative estimate of drug-likeness (QED) is 0.213. The van der Waals surface area contributed by atoms with E-state index in [-0.39, 0.29) is 0 Å². The molecule has 2 heterocycles. The van der Waals surface area contributed by atoms with Crippen LogP contribution < -0.4 is 4.74 Å². The van der Waals surface area contributed by atoms with E-state index in [4.69, 9.17) is 9.72 Å². The third kappa shape index (κ3) is 6.51. The first-order valence-corrected chi connectivity index (χ1v) is 17.4. The van der Waals surface area contributed by atoms with E-state index in [2.05, 4.69) is 19.1 Å². The van der Waals surface area contributed by atoms with Crippen molar-refractivity contribution in [1.82, 2.24) is 23.7 Å². The molecule has 0 aliphatic rings. The number of hydrogen-bond donors (Lipinski definition) is 0. The van der Waals surface area contributed by atoms with Gasteiger partial charge in [0, 0.05) is 28.2 Å². The van der Waals surface area contributed by atoms with Crippen LogP contribution in [0.2, 0.25) is 0 Å². The molecule has 0 aliphatic heterocycles. The molecule has 0 aliphatic carbocycles. The van der Waals surface area contributed by atoms with Crippen LogP contribution in [0.5, 0.6) is 5.06 Å². The number of nitrogens with zero attached hydrogens (tertiary/aromatic N) is 5. The van der Waals surface area contributed by atoms with E-state index in [1.165, 1.54) is 16.2 Å². The van der Waals surface area contributed by atoms with Crippen LogP contribution in [-0.4, -0.2) is 92.1 Å². The smallest absolute Gasteiger partial charge is 0.228 e. The highest BCUT2D eigenvalue weighted by atomic mass is 32.1. The summed E-state index contributed by atoms with van der Waals surface area (Å²) in [5.74, 6) is 0. The molecule has 0 bridgehead atoms. The third-order valence-electron chi connectivity index (χ3n) is 6.59. The first kappa shape index (κ1) is 31.2. The predicted octanol–water partition coefficient (Wildman–Crippen LogP) is 6.30. The highest BCUT2D eigenvalue weighted by Gasteiger charge is 2.51. The van der Waals surface area contributed by atoms with Crippen molar-refractivity contribution < 1.29 is 13.9 Å². The summed E-state index contributed by atoms with van der Waals surface area (Å²) >= 11 is 3.23. The third-order valence-corrected chi connectivity index (χ3v) is 17.0. The van der Waals surface area contributed by atoms with Gasteiger partial charge < -0.3 is 4.74 Å². The highest BCUT2D eigenvalue weighted by molar-refractivity contribution is 7.77. The van der Waals surface area contributed by atoms with Crippen LogP contribution in [0.3, 0.4) is 0 Å². The van der Waals surface area contributed by atoms with Crippen LogP contribution in [0, 0.1) is 6.92 Å². The van der Waals surface area contributed by atoms with Crippen molar-refractivity contribution in [2.24, 2.45) is 0 Å². The molecule has 0 saturated carbocycles. The van der Waals surface area contributed by atoms with E-state index >= 15 is 0 Å². The van der Waals surface area contributed by atoms with Gasteiger partial charge in [0.05, 0.1) is 12.3 Å². The second-order valence-electron chi connectivity index (χ2n) is 9.96. The minimum atomic E-state index is -3.17. The van der Waals surface area contributed by atoms with Crippen LogP contribution in [0.15, 0.2) is 42.5 Å². The lowest BCUT2D eigenvalue weighted by Crippen LogP contribution is -2.37. The van der Waals surface area contributed by atoms with E-state index in [1.807, 2.05) is 30.3 Å². The van der Waals surface area contributed by atoms with Crippen molar-refractivity contribution in [2.75, 3.05) is 63.0 Å². The van der Waals surface area contributed by atoms with Crippen LogP contribution >= 0.6 is 37.6 Å². The Hall–Kier alpha value is -1.35. The van der Waals surface area contributed by atoms with Crippen molar-refractivity contribution in [3.8, 4) is 15.6 Å². The molecule has 0 spiro atoms. The van der Waals surface area contributed by atoms with Crippen molar-refractivity contribution in [2.45, 2.75) is 25.2 Å². The van der Waals surface area contributed by atoms with Gasteiger partial charge in [-0.05, 0) is 75.4 Å². The summed E-state index contributed by atoms with van der Waals surface area (Å²) in [6, 6.07) is 14.2. The zero-order valence-electron chi connectivity index (χ0n) is 23.9. The van der Waals surface area contributed by atoms with Gasteiger partial charge >= 0.3 is 0 Å². The van der Waals surface area contributed by atoms with Crippen molar-refractivity contribution in [1.29, 1.82) is 0 Å². The lowest BCUT2D eigenvalue weighted by molar-refractivity contribution is 0.330. The first-order chi connectivity index (χ1) is 17.8. The maximum absolute atomic E-state index is 14.4. The van der Waals surface area contributed by atoms with Gasteiger partial charge in [0.1, 0.15) is 10.4 Å². The summed E-state index contributed by atoms with van der Waals surface area (Å²) in [4.78, 5) is 7.03. The zero-order valence-corrected chi connectivity index (χ0v) is 27.3. The summed E-state index contributed by atoms with van der Waals surface area (Å²) in [6.45, 7) is 2.62. The number of benzene rings is 1. The molecule has 1 aromatic carbocycles. The molecular weight excluding hydrogens is 556 g/mol. The second-order valence-corrected chi connectivity index (χ2v) is 19.5. The standard InChI is InChI=1S/C26H41N5O3P2S2/c1-20-23(27-26(37-20)21-13-11-10-12-14-21)17-18-34-24-16-15-22(38-24)19-25(35(32,28(2)3)29(4)5)36(33,30(6)7)31(8)9/h10-16,25H,17-19H2,1-9H3. The van der Waals surface area contributed by atoms with Crippen molar-refractivity contribution in [3.05, 3.63) is 57.9 Å². The number of aryl methyl sites for hydroxylation is 1. The van der Waals surface area contributed by atoms with Crippen molar-refractivity contribution in [3.63, 3.8) is 0 Å². The molecule has 0 saturated heterocycles. The Morgan fingerprint density at radius 3 is 1.89 bits per heavy atom. The average Bonchev–Trinajstić information content (AvgIpc) is 3.47. The SMILES string of the molecule is Cc1sc(-c2ccccc2)nc1CCOc1ccc(CC(P(=O)(N(C)C)N(C)C)P(=O)(N(C)C)N(C)C)s1. The van der Waals surface area contributed by atoms with Gasteiger partial charge in [0.25, 0.3) is 0 Å². The number of thiazole rings is 1. The first-order valence-electron chi connectivity index (χ1n) is 12.5. The molecule has 0 unspecified atom stereocenters. The molecule has 3 aromatic rings. The zero-order chi connectivity index (χ0) is 28.3. The Morgan fingerprint density at radius 1 is 0.816 bits per heavy atom. The predicted molar refractivity (Wildman–Crippen MR) is 163 cm³/mol. The number of aromatic nitrogens is 1. The second kappa shape index (κ2) is 12.9. The van der Waals surface area contributed by atoms with Gasteiger partial charge in [-0.2, -0.15) is 0 Å². The van der Waals surface area contributed by atoms with Gasteiger partial charge in [-0.3, -0.25) is 9.13 Å². The summed E-state index contributed by atoms with van der Waals surface area (Å²) in [6.07, 6.45) is 1.14. The van der Waals surface area contributed by atoms with E-state index in [0.717, 1.165) is 32.6 Å². The van der Waals surface area contributed by atoms with Gasteiger partial charge in [-0.1, -0.05) is 30.3 Å². The molecule has 0 radical (unpaired) electrons. The normalized spacial score (nSPS) is 13.0. The summed E-state index contributed by atoms with van der Waals surface area (Å²) in [5, 5.41) is 1.22. The average molecular weight is 598 g/mol. The van der Waals surface area contributed by atoms with Crippen LogP contribution in [-0.2, 0) is 22.0 Å². The summed E-state index contributed by atoms with van der Waals surface area (Å²) in [5.41, 5.74) is 2.19. The Balaban J connectivity index is 1.76. The summed E-state index contributed by atoms with van der Waals surface area (Å²) < 4.78 is 41.9. The molecule has 0 atom stereocenters. The molecule has 38 heavy (non-hydrogen) atoms. The Morgan fingerprint density at radius 2 is 1.37 bits per heavy atom. The highest BCUT2D eigenvalue weighted by Crippen LogP contribution is 2.72.